The monoisotopic (exact) mass is 354 g/mol. The second kappa shape index (κ2) is 13.1. The van der Waals surface area contributed by atoms with Crippen LogP contribution in [0.4, 0.5) is 0 Å². The smallest absolute Gasteiger partial charge is 0.191 e. The Kier molecular flexibility index (Phi) is 11.4. The lowest BCUT2D eigenvalue weighted by Gasteiger charge is -2.18. The van der Waals surface area contributed by atoms with Crippen LogP contribution in [0.5, 0.6) is 0 Å². The fourth-order valence-corrected chi connectivity index (χ4v) is 2.72. The molecule has 0 amide bonds. The number of guanidine groups is 1. The normalized spacial score (nSPS) is 13.1. The van der Waals surface area contributed by atoms with Crippen LogP contribution in [0.1, 0.15) is 52.3 Å². The summed E-state index contributed by atoms with van der Waals surface area (Å²) in [5.74, 6) is 2.99. The molecule has 0 spiro atoms. The van der Waals surface area contributed by atoms with Gasteiger partial charge >= 0.3 is 0 Å². The van der Waals surface area contributed by atoms with E-state index in [1.165, 1.54) is 25.7 Å². The Hall–Kier alpha value is -1.24. The van der Waals surface area contributed by atoms with Crippen LogP contribution in [0, 0.1) is 0 Å². The van der Waals surface area contributed by atoms with Gasteiger partial charge in [-0.25, -0.2) is 0 Å². The van der Waals surface area contributed by atoms with Gasteiger partial charge in [0.05, 0.1) is 6.54 Å². The zero-order chi connectivity index (χ0) is 17.6. The molecule has 24 heavy (non-hydrogen) atoms. The molecule has 1 unspecified atom stereocenters. The Bertz CT molecular complexity index is 460. The number of rotatable bonds is 12. The van der Waals surface area contributed by atoms with Crippen molar-refractivity contribution in [2.24, 2.45) is 4.99 Å². The largest absolute Gasteiger partial charge is 0.355 e. The van der Waals surface area contributed by atoms with Crippen molar-refractivity contribution < 1.29 is 0 Å². The molecule has 0 saturated carbocycles. The summed E-state index contributed by atoms with van der Waals surface area (Å²) in [5, 5.41) is 15.1. The Morgan fingerprint density at radius 3 is 2.92 bits per heavy atom. The minimum atomic E-state index is 0.443. The van der Waals surface area contributed by atoms with Gasteiger partial charge in [0.15, 0.2) is 5.96 Å². The Morgan fingerprint density at radius 2 is 2.21 bits per heavy atom. The van der Waals surface area contributed by atoms with Crippen LogP contribution in [-0.4, -0.2) is 51.9 Å². The quantitative estimate of drug-likeness (QED) is 0.343. The molecule has 0 aromatic carbocycles. The number of unbranched alkanes of at least 4 members (excludes halogenated alkanes) is 2. The minimum Gasteiger partial charge on any atom is -0.355 e. The minimum absolute atomic E-state index is 0.443. The van der Waals surface area contributed by atoms with Crippen LogP contribution in [0.15, 0.2) is 11.3 Å². The number of nitrogens with one attached hydrogen (secondary N) is 2. The summed E-state index contributed by atoms with van der Waals surface area (Å²) in [7, 11) is 0. The molecule has 0 aliphatic carbocycles. The van der Waals surface area contributed by atoms with E-state index in [2.05, 4.69) is 57.4 Å². The molecule has 0 radical (unpaired) electrons. The van der Waals surface area contributed by atoms with Crippen molar-refractivity contribution in [1.29, 1.82) is 0 Å². The van der Waals surface area contributed by atoms with Gasteiger partial charge in [-0.05, 0) is 19.6 Å². The lowest BCUT2D eigenvalue weighted by Crippen LogP contribution is -2.43. The zero-order valence-corrected chi connectivity index (χ0v) is 16.5. The third-order valence-electron chi connectivity index (χ3n) is 3.85. The predicted molar refractivity (Wildman–Crippen MR) is 105 cm³/mol. The fraction of sp³-hybridized carbons (Fsp3) is 0.824. The van der Waals surface area contributed by atoms with E-state index < -0.39 is 0 Å². The molecule has 0 fully saturated rings. The molecule has 6 nitrogen and oxygen atoms in total. The molecule has 0 saturated heterocycles. The van der Waals surface area contributed by atoms with E-state index in [0.717, 1.165) is 43.6 Å². The SMILES string of the molecule is CCCCCC(C)NC(=NCCSC)NCCn1cnnc1CC. The molecule has 138 valence electrons. The molecular weight excluding hydrogens is 320 g/mol. The predicted octanol–water partition coefficient (Wildman–Crippen LogP) is 2.71. The van der Waals surface area contributed by atoms with Crippen LogP contribution in [0.25, 0.3) is 0 Å². The van der Waals surface area contributed by atoms with Gasteiger partial charge < -0.3 is 15.2 Å². The second-order valence-corrected chi connectivity index (χ2v) is 6.97. The van der Waals surface area contributed by atoms with Crippen molar-refractivity contribution >= 4 is 17.7 Å². The first-order valence-electron chi connectivity index (χ1n) is 9.11. The van der Waals surface area contributed by atoms with Gasteiger partial charge in [0.1, 0.15) is 12.2 Å². The van der Waals surface area contributed by atoms with E-state index in [1.807, 2.05) is 11.8 Å². The fourth-order valence-electron chi connectivity index (χ4n) is 2.44. The highest BCUT2D eigenvalue weighted by atomic mass is 32.2. The van der Waals surface area contributed by atoms with Gasteiger partial charge in [-0.3, -0.25) is 4.99 Å². The molecule has 1 aromatic rings. The van der Waals surface area contributed by atoms with Crippen LogP contribution in [0.2, 0.25) is 0 Å². The van der Waals surface area contributed by atoms with Crippen LogP contribution >= 0.6 is 11.8 Å². The van der Waals surface area contributed by atoms with Crippen molar-refractivity contribution in [3.8, 4) is 0 Å². The van der Waals surface area contributed by atoms with Gasteiger partial charge in [-0.2, -0.15) is 11.8 Å². The topological polar surface area (TPSA) is 67.1 Å². The van der Waals surface area contributed by atoms with Crippen LogP contribution in [0.3, 0.4) is 0 Å². The van der Waals surface area contributed by atoms with Crippen molar-refractivity contribution in [3.05, 3.63) is 12.2 Å². The van der Waals surface area contributed by atoms with Crippen LogP contribution in [-0.2, 0) is 13.0 Å². The van der Waals surface area contributed by atoms with Gasteiger partial charge in [0.25, 0.3) is 0 Å². The highest BCUT2D eigenvalue weighted by molar-refractivity contribution is 7.98. The van der Waals surface area contributed by atoms with Gasteiger partial charge in [0, 0.05) is 31.3 Å². The van der Waals surface area contributed by atoms with Gasteiger partial charge in [-0.1, -0.05) is 33.1 Å². The average Bonchev–Trinajstić information content (AvgIpc) is 3.02. The lowest BCUT2D eigenvalue weighted by molar-refractivity contribution is 0.542. The summed E-state index contributed by atoms with van der Waals surface area (Å²) in [5.41, 5.74) is 0. The zero-order valence-electron chi connectivity index (χ0n) is 15.7. The maximum Gasteiger partial charge on any atom is 0.191 e. The highest BCUT2D eigenvalue weighted by Gasteiger charge is 2.06. The number of aryl methyl sites for hydroxylation is 1. The Labute approximate surface area is 151 Å². The van der Waals surface area contributed by atoms with E-state index in [0.29, 0.717) is 6.04 Å². The number of aliphatic imine (C=N–C) groups is 1. The first kappa shape index (κ1) is 20.8. The molecule has 0 aliphatic rings. The molecule has 1 aromatic heterocycles. The molecule has 0 aliphatic heterocycles. The first-order valence-corrected chi connectivity index (χ1v) is 10.5. The van der Waals surface area contributed by atoms with Crippen molar-refractivity contribution in [2.45, 2.75) is 65.5 Å². The maximum atomic E-state index is 4.68. The maximum absolute atomic E-state index is 4.68. The number of nitrogens with zero attached hydrogens (tertiary/aromatic N) is 4. The summed E-state index contributed by atoms with van der Waals surface area (Å²) in [6.45, 7) is 9.08. The molecule has 2 N–H and O–H groups in total. The Morgan fingerprint density at radius 1 is 1.38 bits per heavy atom. The highest BCUT2D eigenvalue weighted by Crippen LogP contribution is 2.03. The van der Waals surface area contributed by atoms with E-state index in [-0.39, 0.29) is 0 Å². The molecule has 0 bridgehead atoms. The van der Waals surface area contributed by atoms with Crippen molar-refractivity contribution in [3.63, 3.8) is 0 Å². The van der Waals surface area contributed by atoms with E-state index in [9.17, 15) is 0 Å². The summed E-state index contributed by atoms with van der Waals surface area (Å²) in [6, 6.07) is 0.443. The summed E-state index contributed by atoms with van der Waals surface area (Å²) in [4.78, 5) is 4.68. The van der Waals surface area contributed by atoms with E-state index in [1.54, 1.807) is 6.33 Å². The first-order chi connectivity index (χ1) is 11.7. The average molecular weight is 355 g/mol. The standard InChI is InChI=1S/C17H34N6S/c1-5-7-8-9-15(3)21-17(19-11-13-24-4)18-10-12-23-14-20-22-16(23)6-2/h14-15H,5-13H2,1-4H3,(H2,18,19,21). The van der Waals surface area contributed by atoms with Gasteiger partial charge in [0.2, 0.25) is 0 Å². The summed E-state index contributed by atoms with van der Waals surface area (Å²) >= 11 is 1.82. The van der Waals surface area contributed by atoms with E-state index >= 15 is 0 Å². The summed E-state index contributed by atoms with van der Waals surface area (Å²) in [6.07, 6.45) is 9.82. The van der Waals surface area contributed by atoms with Gasteiger partial charge in [-0.15, -0.1) is 10.2 Å². The summed E-state index contributed by atoms with van der Waals surface area (Å²) < 4.78 is 2.09. The van der Waals surface area contributed by atoms with Crippen molar-refractivity contribution in [1.82, 2.24) is 25.4 Å². The van der Waals surface area contributed by atoms with Crippen molar-refractivity contribution in [2.75, 3.05) is 25.1 Å². The number of thioether (sulfide) groups is 1. The van der Waals surface area contributed by atoms with Crippen LogP contribution < -0.4 is 10.6 Å². The number of hydrogen-bond acceptors (Lipinski definition) is 4. The molecule has 7 heteroatoms. The third-order valence-corrected chi connectivity index (χ3v) is 4.44. The number of aromatic nitrogens is 3. The molecule has 1 rings (SSSR count). The number of hydrogen-bond donors (Lipinski definition) is 2. The molecule has 1 heterocycles. The lowest BCUT2D eigenvalue weighted by atomic mass is 10.1. The van der Waals surface area contributed by atoms with E-state index in [4.69, 9.17) is 0 Å². The molecule has 1 atom stereocenters. The molecular formula is C17H34N6S. The Balaban J connectivity index is 2.44. The third kappa shape index (κ3) is 8.57. The second-order valence-electron chi connectivity index (χ2n) is 5.99.